The number of benzene rings is 1. The highest BCUT2D eigenvalue weighted by atomic mass is 16.5. The lowest BCUT2D eigenvalue weighted by atomic mass is 10.3. The summed E-state index contributed by atoms with van der Waals surface area (Å²) in [5, 5.41) is 2.65. The van der Waals surface area contributed by atoms with E-state index in [2.05, 4.69) is 5.32 Å². The molecular formula is C11H15NO3. The van der Waals surface area contributed by atoms with Crippen molar-refractivity contribution in [2.45, 2.75) is 6.92 Å². The van der Waals surface area contributed by atoms with Crippen molar-refractivity contribution < 1.29 is 14.3 Å². The Morgan fingerprint density at radius 1 is 1.27 bits per heavy atom. The summed E-state index contributed by atoms with van der Waals surface area (Å²) >= 11 is 0. The van der Waals surface area contributed by atoms with Crippen LogP contribution in [0.5, 0.6) is 11.5 Å². The first-order valence-corrected chi connectivity index (χ1v) is 4.79. The lowest BCUT2D eigenvalue weighted by Crippen LogP contribution is -2.28. The van der Waals surface area contributed by atoms with Crippen molar-refractivity contribution >= 4 is 5.91 Å². The molecule has 0 heterocycles. The maximum Gasteiger partial charge on any atom is 0.257 e. The molecule has 0 unspecified atom stereocenters. The number of rotatable bonds is 5. The molecule has 1 aromatic rings. The van der Waals surface area contributed by atoms with Gasteiger partial charge in [0.1, 0.15) is 11.5 Å². The van der Waals surface area contributed by atoms with Crippen LogP contribution in [-0.2, 0) is 4.79 Å². The average molecular weight is 209 g/mol. The molecule has 0 saturated carbocycles. The van der Waals surface area contributed by atoms with Gasteiger partial charge in [0.25, 0.3) is 5.91 Å². The summed E-state index contributed by atoms with van der Waals surface area (Å²) in [5.74, 6) is 1.30. The maximum absolute atomic E-state index is 11.1. The zero-order valence-electron chi connectivity index (χ0n) is 8.95. The van der Waals surface area contributed by atoms with Gasteiger partial charge in [0.2, 0.25) is 0 Å². The zero-order chi connectivity index (χ0) is 11.1. The first-order valence-electron chi connectivity index (χ1n) is 4.79. The molecule has 15 heavy (non-hydrogen) atoms. The fourth-order valence-electron chi connectivity index (χ4n) is 1.07. The molecule has 82 valence electrons. The zero-order valence-corrected chi connectivity index (χ0v) is 8.95. The van der Waals surface area contributed by atoms with E-state index in [1.54, 1.807) is 31.4 Å². The molecule has 0 fully saturated rings. The van der Waals surface area contributed by atoms with Gasteiger partial charge < -0.3 is 14.8 Å². The van der Waals surface area contributed by atoms with Gasteiger partial charge in [-0.15, -0.1) is 0 Å². The molecule has 0 atom stereocenters. The number of amides is 1. The molecule has 0 aromatic heterocycles. The van der Waals surface area contributed by atoms with Crippen LogP contribution in [0, 0.1) is 0 Å². The first-order chi connectivity index (χ1) is 7.26. The monoisotopic (exact) mass is 209 g/mol. The van der Waals surface area contributed by atoms with E-state index >= 15 is 0 Å². The van der Waals surface area contributed by atoms with Crippen molar-refractivity contribution in [1.29, 1.82) is 0 Å². The van der Waals surface area contributed by atoms with Gasteiger partial charge in [-0.1, -0.05) is 0 Å². The molecule has 0 spiro atoms. The highest BCUT2D eigenvalue weighted by Gasteiger charge is 2.00. The minimum Gasteiger partial charge on any atom is -0.497 e. The molecule has 0 aliphatic carbocycles. The fourth-order valence-corrected chi connectivity index (χ4v) is 1.07. The van der Waals surface area contributed by atoms with Crippen LogP contribution in [0.4, 0.5) is 0 Å². The molecule has 1 aromatic carbocycles. The summed E-state index contributed by atoms with van der Waals surface area (Å²) in [6, 6.07) is 7.09. The van der Waals surface area contributed by atoms with Crippen LogP contribution >= 0.6 is 0 Å². The topological polar surface area (TPSA) is 47.6 Å². The van der Waals surface area contributed by atoms with Gasteiger partial charge in [0.05, 0.1) is 7.11 Å². The second kappa shape index (κ2) is 5.90. The van der Waals surface area contributed by atoms with Crippen LogP contribution in [0.1, 0.15) is 6.92 Å². The maximum atomic E-state index is 11.1. The normalized spacial score (nSPS) is 9.47. The van der Waals surface area contributed by atoms with Crippen molar-refractivity contribution in [3.63, 3.8) is 0 Å². The minimum atomic E-state index is -0.117. The third-order valence-electron chi connectivity index (χ3n) is 1.80. The van der Waals surface area contributed by atoms with E-state index in [-0.39, 0.29) is 12.5 Å². The van der Waals surface area contributed by atoms with Gasteiger partial charge in [0, 0.05) is 6.54 Å². The summed E-state index contributed by atoms with van der Waals surface area (Å²) in [5.41, 5.74) is 0. The minimum absolute atomic E-state index is 0.0418. The van der Waals surface area contributed by atoms with E-state index in [9.17, 15) is 4.79 Å². The Labute approximate surface area is 89.2 Å². The van der Waals surface area contributed by atoms with E-state index in [0.717, 1.165) is 5.75 Å². The number of carbonyl (C=O) groups is 1. The number of carbonyl (C=O) groups excluding carboxylic acids is 1. The lowest BCUT2D eigenvalue weighted by Gasteiger charge is -2.06. The smallest absolute Gasteiger partial charge is 0.257 e. The van der Waals surface area contributed by atoms with Crippen LogP contribution in [0.25, 0.3) is 0 Å². The Morgan fingerprint density at radius 2 is 1.87 bits per heavy atom. The summed E-state index contributed by atoms with van der Waals surface area (Å²) in [6.45, 7) is 2.52. The van der Waals surface area contributed by atoms with Gasteiger partial charge in [0.15, 0.2) is 6.61 Å². The van der Waals surface area contributed by atoms with E-state index in [1.807, 2.05) is 6.92 Å². The van der Waals surface area contributed by atoms with Gasteiger partial charge >= 0.3 is 0 Å². The predicted octanol–water partition coefficient (Wildman–Crippen LogP) is 1.21. The Morgan fingerprint density at radius 3 is 2.40 bits per heavy atom. The molecule has 4 nitrogen and oxygen atoms in total. The summed E-state index contributed by atoms with van der Waals surface area (Å²) < 4.78 is 10.3. The van der Waals surface area contributed by atoms with Crippen molar-refractivity contribution in [2.75, 3.05) is 20.3 Å². The number of hydrogen-bond acceptors (Lipinski definition) is 3. The SMILES string of the molecule is CCNC(=O)COc1ccc(OC)cc1. The number of nitrogens with one attached hydrogen (secondary N) is 1. The van der Waals surface area contributed by atoms with Crippen LogP contribution in [0.2, 0.25) is 0 Å². The highest BCUT2D eigenvalue weighted by molar-refractivity contribution is 5.77. The summed E-state index contributed by atoms with van der Waals surface area (Å²) in [6.07, 6.45) is 0. The number of hydrogen-bond donors (Lipinski definition) is 1. The van der Waals surface area contributed by atoms with Gasteiger partial charge in [-0.05, 0) is 31.2 Å². The van der Waals surface area contributed by atoms with E-state index in [1.165, 1.54) is 0 Å². The van der Waals surface area contributed by atoms with Gasteiger partial charge in [-0.3, -0.25) is 4.79 Å². The average Bonchev–Trinajstić information content (AvgIpc) is 2.27. The van der Waals surface area contributed by atoms with Gasteiger partial charge in [-0.25, -0.2) is 0 Å². The Hall–Kier alpha value is -1.71. The van der Waals surface area contributed by atoms with Crippen molar-refractivity contribution in [3.05, 3.63) is 24.3 Å². The molecule has 0 aliphatic rings. The van der Waals surface area contributed by atoms with Crippen molar-refractivity contribution in [3.8, 4) is 11.5 Å². The third kappa shape index (κ3) is 3.89. The first kappa shape index (κ1) is 11.4. The predicted molar refractivity (Wildman–Crippen MR) is 57.2 cm³/mol. The van der Waals surface area contributed by atoms with Crippen LogP contribution in [0.15, 0.2) is 24.3 Å². The molecule has 1 rings (SSSR count). The molecular weight excluding hydrogens is 194 g/mol. The molecule has 4 heteroatoms. The molecule has 0 aliphatic heterocycles. The van der Waals surface area contributed by atoms with Crippen LogP contribution < -0.4 is 14.8 Å². The Kier molecular flexibility index (Phi) is 4.47. The van der Waals surface area contributed by atoms with Crippen LogP contribution in [-0.4, -0.2) is 26.2 Å². The number of methoxy groups -OCH3 is 1. The molecule has 0 bridgehead atoms. The second-order valence-electron chi connectivity index (χ2n) is 2.92. The fraction of sp³-hybridized carbons (Fsp3) is 0.364. The largest absolute Gasteiger partial charge is 0.497 e. The lowest BCUT2D eigenvalue weighted by molar-refractivity contribution is -0.122. The molecule has 1 N–H and O–H groups in total. The molecule has 1 amide bonds. The number of likely N-dealkylation sites (N-methyl/N-ethyl adjacent to an activating group) is 1. The Bertz CT molecular complexity index is 308. The Balaban J connectivity index is 2.40. The molecule has 0 radical (unpaired) electrons. The van der Waals surface area contributed by atoms with Crippen molar-refractivity contribution in [1.82, 2.24) is 5.32 Å². The van der Waals surface area contributed by atoms with E-state index in [0.29, 0.717) is 12.3 Å². The van der Waals surface area contributed by atoms with E-state index in [4.69, 9.17) is 9.47 Å². The second-order valence-corrected chi connectivity index (χ2v) is 2.92. The highest BCUT2D eigenvalue weighted by Crippen LogP contribution is 2.16. The quantitative estimate of drug-likeness (QED) is 0.793. The van der Waals surface area contributed by atoms with E-state index < -0.39 is 0 Å². The number of ether oxygens (including phenoxy) is 2. The van der Waals surface area contributed by atoms with Crippen LogP contribution in [0.3, 0.4) is 0 Å². The standard InChI is InChI=1S/C11H15NO3/c1-3-12-11(13)8-15-10-6-4-9(14-2)5-7-10/h4-7H,3,8H2,1-2H3,(H,12,13). The van der Waals surface area contributed by atoms with Gasteiger partial charge in [-0.2, -0.15) is 0 Å². The molecule has 0 saturated heterocycles. The third-order valence-corrected chi connectivity index (χ3v) is 1.80. The summed E-state index contributed by atoms with van der Waals surface area (Å²) in [4.78, 5) is 11.1. The van der Waals surface area contributed by atoms with Crippen molar-refractivity contribution in [2.24, 2.45) is 0 Å². The summed E-state index contributed by atoms with van der Waals surface area (Å²) in [7, 11) is 1.60.